The van der Waals surface area contributed by atoms with Crippen molar-refractivity contribution in [1.82, 2.24) is 10.3 Å². The summed E-state index contributed by atoms with van der Waals surface area (Å²) in [5, 5.41) is 3.39. The van der Waals surface area contributed by atoms with E-state index >= 15 is 0 Å². The van der Waals surface area contributed by atoms with E-state index < -0.39 is 0 Å². The van der Waals surface area contributed by atoms with Crippen LogP contribution in [0.4, 0.5) is 4.39 Å². The number of hydrogen-bond acceptors (Lipinski definition) is 3. The Hall–Kier alpha value is -1.42. The second-order valence-corrected chi connectivity index (χ2v) is 4.22. The molecule has 0 amide bonds. The lowest BCUT2D eigenvalue weighted by Gasteiger charge is -2.05. The molecular weight excluding hydrogens is 207 g/mol. The number of halogens is 1. The van der Waals surface area contributed by atoms with Crippen LogP contribution in [0, 0.1) is 5.82 Å². The maximum Gasteiger partial charge on any atom is 0.197 e. The molecule has 3 nitrogen and oxygen atoms in total. The normalized spacial score (nSPS) is 20.7. The summed E-state index contributed by atoms with van der Waals surface area (Å²) in [6, 6.07) is 4.89. The van der Waals surface area contributed by atoms with Crippen molar-refractivity contribution in [2.75, 3.05) is 6.54 Å². The van der Waals surface area contributed by atoms with Gasteiger partial charge in [0.1, 0.15) is 11.3 Å². The highest BCUT2D eigenvalue weighted by Crippen LogP contribution is 2.19. The molecule has 0 saturated carbocycles. The van der Waals surface area contributed by atoms with Crippen molar-refractivity contribution < 1.29 is 8.81 Å². The van der Waals surface area contributed by atoms with Gasteiger partial charge in [-0.2, -0.15) is 0 Å². The Morgan fingerprint density at radius 3 is 3.25 bits per heavy atom. The number of hydrogen-bond donors (Lipinski definition) is 1. The van der Waals surface area contributed by atoms with Crippen LogP contribution in [0.3, 0.4) is 0 Å². The third-order valence-electron chi connectivity index (χ3n) is 2.98. The molecule has 1 atom stereocenters. The highest BCUT2D eigenvalue weighted by molar-refractivity contribution is 5.72. The molecule has 2 aromatic rings. The molecule has 84 valence electrons. The quantitative estimate of drug-likeness (QED) is 0.843. The van der Waals surface area contributed by atoms with E-state index in [1.165, 1.54) is 18.6 Å². The van der Waals surface area contributed by atoms with Crippen molar-refractivity contribution in [2.45, 2.75) is 25.3 Å². The van der Waals surface area contributed by atoms with Crippen LogP contribution in [0.2, 0.25) is 0 Å². The Bertz CT molecular complexity index is 503. The third kappa shape index (κ3) is 1.80. The van der Waals surface area contributed by atoms with Crippen molar-refractivity contribution in [3.8, 4) is 0 Å². The summed E-state index contributed by atoms with van der Waals surface area (Å²) < 4.78 is 18.5. The predicted molar refractivity (Wildman–Crippen MR) is 58.7 cm³/mol. The van der Waals surface area contributed by atoms with E-state index in [0.29, 0.717) is 23.0 Å². The number of fused-ring (bicyclic) bond motifs is 1. The molecule has 16 heavy (non-hydrogen) atoms. The highest BCUT2D eigenvalue weighted by atomic mass is 19.1. The minimum Gasteiger partial charge on any atom is -0.441 e. The van der Waals surface area contributed by atoms with Crippen LogP contribution in [-0.2, 0) is 6.42 Å². The second kappa shape index (κ2) is 3.87. The molecule has 0 radical (unpaired) electrons. The summed E-state index contributed by atoms with van der Waals surface area (Å²) in [6.45, 7) is 1.07. The fraction of sp³-hybridized carbons (Fsp3) is 0.417. The maximum absolute atomic E-state index is 13.0. The highest BCUT2D eigenvalue weighted by Gasteiger charge is 2.17. The standard InChI is InChI=1S/C12H13FN2O/c13-8-3-4-11-10(6-8)15-12(16-11)7-9-2-1-5-14-9/h3-4,6,9,14H,1-2,5,7H2. The van der Waals surface area contributed by atoms with E-state index in [1.54, 1.807) is 6.07 Å². The molecule has 1 unspecified atom stereocenters. The van der Waals surface area contributed by atoms with Crippen LogP contribution < -0.4 is 5.32 Å². The van der Waals surface area contributed by atoms with Crippen LogP contribution in [0.5, 0.6) is 0 Å². The van der Waals surface area contributed by atoms with Gasteiger partial charge in [-0.3, -0.25) is 0 Å². The molecule has 1 aliphatic heterocycles. The van der Waals surface area contributed by atoms with Gasteiger partial charge < -0.3 is 9.73 Å². The molecule has 1 saturated heterocycles. The summed E-state index contributed by atoms with van der Waals surface area (Å²) in [7, 11) is 0. The molecule has 0 spiro atoms. The minimum atomic E-state index is -0.272. The SMILES string of the molecule is Fc1ccc2oc(CC3CCCN3)nc2c1. The Labute approximate surface area is 92.7 Å². The van der Waals surface area contributed by atoms with Gasteiger partial charge >= 0.3 is 0 Å². The summed E-state index contributed by atoms with van der Waals surface area (Å²) in [5.74, 6) is 0.423. The van der Waals surface area contributed by atoms with Crippen LogP contribution in [0.25, 0.3) is 11.1 Å². The van der Waals surface area contributed by atoms with Crippen LogP contribution >= 0.6 is 0 Å². The van der Waals surface area contributed by atoms with E-state index in [0.717, 1.165) is 19.4 Å². The Kier molecular flexibility index (Phi) is 2.36. The van der Waals surface area contributed by atoms with E-state index in [1.807, 2.05) is 0 Å². The zero-order valence-corrected chi connectivity index (χ0v) is 8.87. The van der Waals surface area contributed by atoms with Crippen molar-refractivity contribution in [3.63, 3.8) is 0 Å². The van der Waals surface area contributed by atoms with Gasteiger partial charge in [0.05, 0.1) is 0 Å². The lowest BCUT2D eigenvalue weighted by atomic mass is 10.2. The predicted octanol–water partition coefficient (Wildman–Crippen LogP) is 2.26. The van der Waals surface area contributed by atoms with Gasteiger partial charge in [0.25, 0.3) is 0 Å². The smallest absolute Gasteiger partial charge is 0.197 e. The third-order valence-corrected chi connectivity index (χ3v) is 2.98. The Morgan fingerprint density at radius 2 is 2.44 bits per heavy atom. The minimum absolute atomic E-state index is 0.272. The zero-order valence-electron chi connectivity index (χ0n) is 8.87. The second-order valence-electron chi connectivity index (χ2n) is 4.22. The van der Waals surface area contributed by atoms with E-state index in [2.05, 4.69) is 10.3 Å². The lowest BCUT2D eigenvalue weighted by molar-refractivity contribution is 0.478. The molecule has 1 aromatic carbocycles. The Balaban J connectivity index is 1.86. The molecule has 3 rings (SSSR count). The molecule has 2 heterocycles. The molecule has 4 heteroatoms. The largest absolute Gasteiger partial charge is 0.441 e. The lowest BCUT2D eigenvalue weighted by Crippen LogP contribution is -2.23. The summed E-state index contributed by atoms with van der Waals surface area (Å²) in [6.07, 6.45) is 3.16. The van der Waals surface area contributed by atoms with Crippen LogP contribution in [0.15, 0.2) is 22.6 Å². The number of nitrogens with one attached hydrogen (secondary N) is 1. The molecule has 0 aliphatic carbocycles. The van der Waals surface area contributed by atoms with Gasteiger partial charge in [0, 0.05) is 18.5 Å². The van der Waals surface area contributed by atoms with E-state index in [-0.39, 0.29) is 5.82 Å². The first kappa shape index (κ1) is 9.78. The average Bonchev–Trinajstić information content (AvgIpc) is 2.86. The van der Waals surface area contributed by atoms with Gasteiger partial charge in [-0.1, -0.05) is 0 Å². The number of oxazole rings is 1. The van der Waals surface area contributed by atoms with Gasteiger partial charge in [-0.05, 0) is 31.5 Å². The van der Waals surface area contributed by atoms with Gasteiger partial charge in [-0.15, -0.1) is 0 Å². The zero-order chi connectivity index (χ0) is 11.0. The van der Waals surface area contributed by atoms with E-state index in [4.69, 9.17) is 4.42 Å². The van der Waals surface area contributed by atoms with Crippen LogP contribution in [0.1, 0.15) is 18.7 Å². The van der Waals surface area contributed by atoms with Crippen molar-refractivity contribution in [2.24, 2.45) is 0 Å². The van der Waals surface area contributed by atoms with Crippen molar-refractivity contribution >= 4 is 11.1 Å². The molecular formula is C12H13FN2O. The first-order valence-corrected chi connectivity index (χ1v) is 5.59. The first-order valence-electron chi connectivity index (χ1n) is 5.59. The monoisotopic (exact) mass is 220 g/mol. The number of rotatable bonds is 2. The maximum atomic E-state index is 13.0. The number of nitrogens with zero attached hydrogens (tertiary/aromatic N) is 1. The van der Waals surface area contributed by atoms with Crippen molar-refractivity contribution in [3.05, 3.63) is 29.9 Å². The topological polar surface area (TPSA) is 38.1 Å². The molecule has 1 aliphatic rings. The summed E-state index contributed by atoms with van der Waals surface area (Å²) in [4.78, 5) is 4.29. The van der Waals surface area contributed by atoms with Gasteiger partial charge in [0.2, 0.25) is 0 Å². The first-order chi connectivity index (χ1) is 7.81. The van der Waals surface area contributed by atoms with Gasteiger partial charge in [0.15, 0.2) is 11.5 Å². The Morgan fingerprint density at radius 1 is 1.50 bits per heavy atom. The number of benzene rings is 1. The number of aromatic nitrogens is 1. The van der Waals surface area contributed by atoms with Gasteiger partial charge in [-0.25, -0.2) is 9.37 Å². The summed E-state index contributed by atoms with van der Waals surface area (Å²) >= 11 is 0. The average molecular weight is 220 g/mol. The fourth-order valence-electron chi connectivity index (χ4n) is 2.18. The van der Waals surface area contributed by atoms with Crippen molar-refractivity contribution in [1.29, 1.82) is 0 Å². The molecule has 1 fully saturated rings. The molecule has 1 N–H and O–H groups in total. The van der Waals surface area contributed by atoms with Crippen LogP contribution in [-0.4, -0.2) is 17.6 Å². The molecule has 1 aromatic heterocycles. The van der Waals surface area contributed by atoms with E-state index in [9.17, 15) is 4.39 Å². The molecule has 0 bridgehead atoms. The summed E-state index contributed by atoms with van der Waals surface area (Å²) in [5.41, 5.74) is 1.27. The fourth-order valence-corrected chi connectivity index (χ4v) is 2.18.